The largest absolute Gasteiger partial charge is 0.489 e. The molecule has 0 saturated heterocycles. The fourth-order valence-corrected chi connectivity index (χ4v) is 3.17. The number of anilines is 1. The van der Waals surface area contributed by atoms with Gasteiger partial charge in [0.05, 0.1) is 24.7 Å². The lowest BCUT2D eigenvalue weighted by atomic mass is 10.1. The van der Waals surface area contributed by atoms with Gasteiger partial charge in [-0.3, -0.25) is 4.79 Å². The molecule has 0 atom stereocenters. The topological polar surface area (TPSA) is 47.6 Å². The van der Waals surface area contributed by atoms with E-state index in [0.29, 0.717) is 29.7 Å². The molecule has 0 saturated carbocycles. The summed E-state index contributed by atoms with van der Waals surface area (Å²) in [7, 11) is 0. The van der Waals surface area contributed by atoms with Crippen LogP contribution in [-0.4, -0.2) is 19.1 Å². The molecule has 1 amide bonds. The number of benzene rings is 2. The van der Waals surface area contributed by atoms with Crippen molar-refractivity contribution in [3.05, 3.63) is 50.6 Å². The number of carbonyl (C=O) groups excluding carboxylic acids is 1. The van der Waals surface area contributed by atoms with Crippen LogP contribution < -0.4 is 14.8 Å². The molecule has 3 rings (SSSR count). The van der Waals surface area contributed by atoms with Gasteiger partial charge in [0.2, 0.25) is 5.91 Å². The van der Waals surface area contributed by atoms with Crippen LogP contribution in [0.15, 0.2) is 36.4 Å². The third-order valence-corrected chi connectivity index (χ3v) is 4.29. The number of carbonyl (C=O) groups is 1. The molecule has 4 nitrogen and oxygen atoms in total. The zero-order chi connectivity index (χ0) is 16.2. The summed E-state index contributed by atoms with van der Waals surface area (Å²) in [5.41, 5.74) is 1.57. The number of hydrogen-bond donors (Lipinski definition) is 1. The molecule has 2 aromatic rings. The first-order valence-corrected chi connectivity index (χ1v) is 8.71. The predicted molar refractivity (Wildman–Crippen MR) is 98.6 cm³/mol. The van der Waals surface area contributed by atoms with Crippen molar-refractivity contribution in [1.82, 2.24) is 0 Å². The molecule has 1 heterocycles. The Balaban J connectivity index is 1.73. The van der Waals surface area contributed by atoms with Crippen molar-refractivity contribution >= 4 is 45.8 Å². The van der Waals surface area contributed by atoms with Crippen LogP contribution in [0.1, 0.15) is 12.0 Å². The smallest absolute Gasteiger partial charge is 0.228 e. The summed E-state index contributed by atoms with van der Waals surface area (Å²) in [4.78, 5) is 12.2. The molecule has 1 aliphatic rings. The second-order valence-corrected chi connectivity index (χ2v) is 6.84. The molecular weight excluding hydrogens is 429 g/mol. The average Bonchev–Trinajstić information content (AvgIpc) is 2.72. The Morgan fingerprint density at radius 3 is 2.87 bits per heavy atom. The third kappa shape index (κ3) is 4.29. The van der Waals surface area contributed by atoms with Gasteiger partial charge in [0.25, 0.3) is 0 Å². The summed E-state index contributed by atoms with van der Waals surface area (Å²) in [6, 6.07) is 11.2. The van der Waals surface area contributed by atoms with Gasteiger partial charge in [-0.15, -0.1) is 0 Å². The molecule has 6 heteroatoms. The molecule has 0 bridgehead atoms. The second kappa shape index (κ2) is 7.40. The van der Waals surface area contributed by atoms with E-state index < -0.39 is 0 Å². The van der Waals surface area contributed by atoms with Crippen molar-refractivity contribution < 1.29 is 14.3 Å². The molecule has 0 unspecified atom stereocenters. The van der Waals surface area contributed by atoms with Crippen LogP contribution >= 0.6 is 34.2 Å². The van der Waals surface area contributed by atoms with E-state index >= 15 is 0 Å². The number of hydrogen-bond acceptors (Lipinski definition) is 3. The fraction of sp³-hybridized carbons (Fsp3) is 0.235. The van der Waals surface area contributed by atoms with Crippen LogP contribution in [0.5, 0.6) is 11.5 Å². The minimum absolute atomic E-state index is 0.0995. The summed E-state index contributed by atoms with van der Waals surface area (Å²) in [5.74, 6) is 1.07. The molecular formula is C17H15ClINO3. The molecule has 0 spiro atoms. The minimum Gasteiger partial charge on any atom is -0.489 e. The second-order valence-electron chi connectivity index (χ2n) is 5.19. The van der Waals surface area contributed by atoms with Gasteiger partial charge < -0.3 is 14.8 Å². The van der Waals surface area contributed by atoms with Gasteiger partial charge in [0.15, 0.2) is 11.5 Å². The van der Waals surface area contributed by atoms with Crippen molar-refractivity contribution in [2.75, 3.05) is 18.5 Å². The van der Waals surface area contributed by atoms with E-state index in [-0.39, 0.29) is 12.3 Å². The van der Waals surface area contributed by atoms with Crippen LogP contribution in [0.25, 0.3) is 0 Å². The number of halogens is 2. The van der Waals surface area contributed by atoms with E-state index in [2.05, 4.69) is 27.9 Å². The molecule has 1 aliphatic heterocycles. The zero-order valence-corrected chi connectivity index (χ0v) is 15.2. The monoisotopic (exact) mass is 443 g/mol. The number of amides is 1. The molecule has 0 fully saturated rings. The maximum atomic E-state index is 12.2. The van der Waals surface area contributed by atoms with Crippen molar-refractivity contribution in [3.8, 4) is 11.5 Å². The lowest BCUT2D eigenvalue weighted by molar-refractivity contribution is -0.115. The standard InChI is InChI=1S/C17H15ClINO3/c18-14-7-11(8-15-17(14)23-6-2-5-22-15)9-16(21)20-13-4-1-3-12(19)10-13/h1,3-4,7-8,10H,2,5-6,9H2,(H,20,21). The molecule has 2 aromatic carbocycles. The van der Waals surface area contributed by atoms with Gasteiger partial charge in [0, 0.05) is 15.7 Å². The summed E-state index contributed by atoms with van der Waals surface area (Å²) >= 11 is 8.45. The highest BCUT2D eigenvalue weighted by atomic mass is 127. The summed E-state index contributed by atoms with van der Waals surface area (Å²) in [6.07, 6.45) is 1.04. The Morgan fingerprint density at radius 1 is 1.22 bits per heavy atom. The Labute approximate surface area is 153 Å². The van der Waals surface area contributed by atoms with Crippen molar-refractivity contribution in [2.24, 2.45) is 0 Å². The van der Waals surface area contributed by atoms with Crippen LogP contribution in [-0.2, 0) is 11.2 Å². The van der Waals surface area contributed by atoms with Crippen molar-refractivity contribution in [2.45, 2.75) is 12.8 Å². The van der Waals surface area contributed by atoms with Crippen LogP contribution in [0, 0.1) is 3.57 Å². The Hall–Kier alpha value is -1.47. The van der Waals surface area contributed by atoms with E-state index in [1.807, 2.05) is 30.3 Å². The van der Waals surface area contributed by atoms with Crippen LogP contribution in [0.4, 0.5) is 5.69 Å². The highest BCUT2D eigenvalue weighted by Crippen LogP contribution is 2.38. The van der Waals surface area contributed by atoms with E-state index in [4.69, 9.17) is 21.1 Å². The first-order chi connectivity index (χ1) is 11.1. The normalized spacial score (nSPS) is 13.3. The van der Waals surface area contributed by atoms with Gasteiger partial charge in [-0.25, -0.2) is 0 Å². The summed E-state index contributed by atoms with van der Waals surface area (Å²) < 4.78 is 12.3. The van der Waals surface area contributed by atoms with Crippen molar-refractivity contribution in [1.29, 1.82) is 0 Å². The molecule has 1 N–H and O–H groups in total. The minimum atomic E-state index is -0.0995. The zero-order valence-electron chi connectivity index (χ0n) is 12.3. The molecule has 0 aliphatic carbocycles. The van der Waals surface area contributed by atoms with E-state index in [0.717, 1.165) is 21.2 Å². The predicted octanol–water partition coefficient (Wildman–Crippen LogP) is 4.29. The third-order valence-electron chi connectivity index (χ3n) is 3.34. The lowest BCUT2D eigenvalue weighted by Gasteiger charge is -2.12. The molecule has 0 radical (unpaired) electrons. The molecule has 23 heavy (non-hydrogen) atoms. The Morgan fingerprint density at radius 2 is 2.04 bits per heavy atom. The first kappa shape index (κ1) is 16.4. The van der Waals surface area contributed by atoms with E-state index in [9.17, 15) is 4.79 Å². The highest BCUT2D eigenvalue weighted by molar-refractivity contribution is 14.1. The van der Waals surface area contributed by atoms with Gasteiger partial charge in [-0.05, 0) is 58.5 Å². The van der Waals surface area contributed by atoms with Gasteiger partial charge >= 0.3 is 0 Å². The molecule has 120 valence electrons. The van der Waals surface area contributed by atoms with Gasteiger partial charge in [0.1, 0.15) is 0 Å². The van der Waals surface area contributed by atoms with Gasteiger partial charge in [-0.2, -0.15) is 0 Å². The summed E-state index contributed by atoms with van der Waals surface area (Å²) in [5, 5.41) is 3.36. The van der Waals surface area contributed by atoms with Crippen LogP contribution in [0.3, 0.4) is 0 Å². The lowest BCUT2D eigenvalue weighted by Crippen LogP contribution is -2.14. The number of rotatable bonds is 3. The average molecular weight is 444 g/mol. The summed E-state index contributed by atoms with van der Waals surface area (Å²) in [6.45, 7) is 1.17. The maximum Gasteiger partial charge on any atom is 0.228 e. The van der Waals surface area contributed by atoms with Gasteiger partial charge in [-0.1, -0.05) is 17.7 Å². The number of ether oxygens (including phenoxy) is 2. The molecule has 0 aromatic heterocycles. The van der Waals surface area contributed by atoms with E-state index in [1.54, 1.807) is 6.07 Å². The number of nitrogens with one attached hydrogen (secondary N) is 1. The van der Waals surface area contributed by atoms with Crippen molar-refractivity contribution in [3.63, 3.8) is 0 Å². The first-order valence-electron chi connectivity index (χ1n) is 7.25. The fourth-order valence-electron chi connectivity index (χ4n) is 2.34. The Kier molecular flexibility index (Phi) is 5.27. The van der Waals surface area contributed by atoms with Crippen LogP contribution in [0.2, 0.25) is 5.02 Å². The quantitative estimate of drug-likeness (QED) is 0.720. The maximum absolute atomic E-state index is 12.2. The highest BCUT2D eigenvalue weighted by Gasteiger charge is 2.16. The SMILES string of the molecule is O=C(Cc1cc(Cl)c2c(c1)OCCCO2)Nc1cccc(I)c1. The Bertz CT molecular complexity index is 736. The van der Waals surface area contributed by atoms with E-state index in [1.165, 1.54) is 0 Å². The number of fused-ring (bicyclic) bond motifs is 1.